The Hall–Kier alpha value is -3.15. The first-order chi connectivity index (χ1) is 14.1. The molecule has 2 aromatic rings. The topological polar surface area (TPSA) is 73.8 Å². The van der Waals surface area contributed by atoms with Gasteiger partial charge in [-0.15, -0.1) is 0 Å². The second-order valence-electron chi connectivity index (χ2n) is 8.26. The van der Waals surface area contributed by atoms with Gasteiger partial charge in [0.1, 0.15) is 11.4 Å². The van der Waals surface area contributed by atoms with Crippen molar-refractivity contribution in [1.82, 2.24) is 10.2 Å². The summed E-state index contributed by atoms with van der Waals surface area (Å²) >= 11 is 0. The lowest BCUT2D eigenvalue weighted by atomic mass is 9.85. The maximum atomic E-state index is 13.0. The number of benzene rings is 2. The number of aliphatic imine (C=N–C) groups is 1. The van der Waals surface area contributed by atoms with Gasteiger partial charge in [-0.05, 0) is 37.3 Å². The molecule has 0 bridgehead atoms. The summed E-state index contributed by atoms with van der Waals surface area (Å²) in [6.45, 7) is 3.21. The minimum atomic E-state index is -0.743. The van der Waals surface area contributed by atoms with Crippen LogP contribution < -0.4 is 10.6 Å². The third-order valence-electron chi connectivity index (χ3n) is 6.61. The van der Waals surface area contributed by atoms with E-state index in [1.165, 1.54) is 0 Å². The Morgan fingerprint density at radius 3 is 2.69 bits per heavy atom. The van der Waals surface area contributed by atoms with Crippen LogP contribution in [-0.2, 0) is 4.79 Å². The molecule has 29 heavy (non-hydrogen) atoms. The number of para-hydroxylation sites is 1. The third-order valence-corrected chi connectivity index (χ3v) is 6.61. The molecule has 1 spiro atoms. The van der Waals surface area contributed by atoms with Gasteiger partial charge in [-0.2, -0.15) is 0 Å². The van der Waals surface area contributed by atoms with Crippen LogP contribution in [0.2, 0.25) is 0 Å². The molecule has 3 aliphatic rings. The molecule has 1 saturated carbocycles. The Balaban J connectivity index is 1.36. The van der Waals surface area contributed by atoms with Crippen molar-refractivity contribution < 1.29 is 9.59 Å². The zero-order valence-electron chi connectivity index (χ0n) is 16.4. The zero-order chi connectivity index (χ0) is 20.0. The van der Waals surface area contributed by atoms with E-state index >= 15 is 0 Å². The van der Waals surface area contributed by atoms with E-state index < -0.39 is 5.54 Å². The van der Waals surface area contributed by atoms with E-state index in [1.54, 1.807) is 0 Å². The summed E-state index contributed by atoms with van der Waals surface area (Å²) in [6.07, 6.45) is 1.66. The van der Waals surface area contributed by atoms with Gasteiger partial charge >= 0.3 is 6.03 Å². The van der Waals surface area contributed by atoms with Crippen molar-refractivity contribution in [3.05, 3.63) is 65.7 Å². The lowest BCUT2D eigenvalue weighted by Gasteiger charge is -2.26. The maximum absolute atomic E-state index is 13.0. The normalized spacial score (nSPS) is 27.7. The van der Waals surface area contributed by atoms with Gasteiger partial charge in [0.05, 0.1) is 0 Å². The van der Waals surface area contributed by atoms with E-state index in [9.17, 15) is 9.59 Å². The number of fused-ring (bicyclic) bond motifs is 2. The Kier molecular flexibility index (Phi) is 4.15. The SMILES string of the molecule is Cc1ccccc1NC(=O)N1C[C@H]2CC[C@@]3(N=C(c4ccccc4)NC3=O)[C@H]2C1. The van der Waals surface area contributed by atoms with Gasteiger partial charge < -0.3 is 15.5 Å². The third kappa shape index (κ3) is 2.90. The molecule has 0 radical (unpaired) electrons. The van der Waals surface area contributed by atoms with Crippen LogP contribution in [0.1, 0.15) is 24.0 Å². The van der Waals surface area contributed by atoms with Crippen LogP contribution in [0.15, 0.2) is 59.6 Å². The van der Waals surface area contributed by atoms with E-state index in [2.05, 4.69) is 10.6 Å². The van der Waals surface area contributed by atoms with E-state index in [0.717, 1.165) is 29.7 Å². The van der Waals surface area contributed by atoms with Gasteiger partial charge in [-0.1, -0.05) is 48.5 Å². The lowest BCUT2D eigenvalue weighted by Crippen LogP contribution is -2.45. The predicted molar refractivity (Wildman–Crippen MR) is 112 cm³/mol. The van der Waals surface area contributed by atoms with Crippen molar-refractivity contribution in [2.75, 3.05) is 18.4 Å². The molecule has 3 atom stereocenters. The average Bonchev–Trinajstić information content (AvgIpc) is 3.40. The van der Waals surface area contributed by atoms with Crippen LogP contribution in [0.25, 0.3) is 0 Å². The second-order valence-corrected chi connectivity index (χ2v) is 8.26. The zero-order valence-corrected chi connectivity index (χ0v) is 16.4. The second kappa shape index (κ2) is 6.72. The smallest absolute Gasteiger partial charge is 0.321 e. The van der Waals surface area contributed by atoms with Gasteiger partial charge in [-0.25, -0.2) is 4.79 Å². The highest BCUT2D eigenvalue weighted by atomic mass is 16.2. The molecule has 148 valence electrons. The fourth-order valence-electron chi connectivity index (χ4n) is 5.02. The predicted octanol–water partition coefficient (Wildman–Crippen LogP) is 3.18. The number of amides is 3. The molecule has 2 N–H and O–H groups in total. The average molecular weight is 388 g/mol. The van der Waals surface area contributed by atoms with E-state index in [0.29, 0.717) is 24.8 Å². The molecule has 3 amide bonds. The number of aryl methyl sites for hydroxylation is 1. The summed E-state index contributed by atoms with van der Waals surface area (Å²) in [7, 11) is 0. The van der Waals surface area contributed by atoms with Crippen molar-refractivity contribution in [3.8, 4) is 0 Å². The van der Waals surface area contributed by atoms with Crippen molar-refractivity contribution >= 4 is 23.5 Å². The number of carbonyl (C=O) groups is 2. The van der Waals surface area contributed by atoms with Crippen molar-refractivity contribution in [2.24, 2.45) is 16.8 Å². The van der Waals surface area contributed by atoms with E-state index in [1.807, 2.05) is 66.4 Å². The highest BCUT2D eigenvalue weighted by Gasteiger charge is 2.59. The highest BCUT2D eigenvalue weighted by Crippen LogP contribution is 2.49. The number of rotatable bonds is 2. The largest absolute Gasteiger partial charge is 0.324 e. The number of nitrogens with zero attached hydrogens (tertiary/aromatic N) is 2. The Labute approximate surface area is 170 Å². The summed E-state index contributed by atoms with van der Waals surface area (Å²) < 4.78 is 0. The Morgan fingerprint density at radius 2 is 1.90 bits per heavy atom. The summed E-state index contributed by atoms with van der Waals surface area (Å²) in [4.78, 5) is 32.6. The van der Waals surface area contributed by atoms with Crippen LogP contribution in [0.3, 0.4) is 0 Å². The standard InChI is InChI=1S/C23H24N4O2/c1-15-7-5-6-10-19(15)24-22(29)27-13-17-11-12-23(18(17)14-27)21(28)25-20(26-23)16-8-3-2-4-9-16/h2-10,17-18H,11-14H2,1H3,(H,24,29)(H,25,26,28)/t17-,18+,23-/m1/s1. The number of carbonyl (C=O) groups excluding carboxylic acids is 2. The fourth-order valence-corrected chi connectivity index (χ4v) is 5.02. The fraction of sp³-hybridized carbons (Fsp3) is 0.348. The summed E-state index contributed by atoms with van der Waals surface area (Å²) in [5.41, 5.74) is 2.04. The van der Waals surface area contributed by atoms with Crippen LogP contribution in [0, 0.1) is 18.8 Å². The molecule has 5 rings (SSSR count). The molecule has 2 fully saturated rings. The van der Waals surface area contributed by atoms with Crippen molar-refractivity contribution in [1.29, 1.82) is 0 Å². The lowest BCUT2D eigenvalue weighted by molar-refractivity contribution is -0.124. The molecule has 1 saturated heterocycles. The number of urea groups is 1. The molecule has 6 heteroatoms. The summed E-state index contributed by atoms with van der Waals surface area (Å²) in [5, 5.41) is 6.02. The number of hydrogen-bond donors (Lipinski definition) is 2. The van der Waals surface area contributed by atoms with Crippen LogP contribution in [0.5, 0.6) is 0 Å². The summed E-state index contributed by atoms with van der Waals surface area (Å²) in [6, 6.07) is 17.4. The summed E-state index contributed by atoms with van der Waals surface area (Å²) in [5.74, 6) is 0.998. The first-order valence-electron chi connectivity index (χ1n) is 10.1. The van der Waals surface area contributed by atoms with E-state index in [-0.39, 0.29) is 17.9 Å². The molecule has 6 nitrogen and oxygen atoms in total. The highest BCUT2D eigenvalue weighted by molar-refractivity contribution is 6.15. The minimum Gasteiger partial charge on any atom is -0.324 e. The molecular weight excluding hydrogens is 364 g/mol. The first kappa shape index (κ1) is 17.9. The van der Waals surface area contributed by atoms with Crippen LogP contribution >= 0.6 is 0 Å². The Morgan fingerprint density at radius 1 is 1.14 bits per heavy atom. The molecule has 0 aromatic heterocycles. The maximum Gasteiger partial charge on any atom is 0.321 e. The van der Waals surface area contributed by atoms with Crippen LogP contribution in [-0.4, -0.2) is 41.3 Å². The number of anilines is 1. The number of nitrogens with one attached hydrogen (secondary N) is 2. The molecule has 2 aromatic carbocycles. The van der Waals surface area contributed by atoms with Gasteiger partial charge in [-0.3, -0.25) is 9.79 Å². The quantitative estimate of drug-likeness (QED) is 0.829. The molecule has 2 heterocycles. The molecule has 0 unspecified atom stereocenters. The van der Waals surface area contributed by atoms with Crippen molar-refractivity contribution in [2.45, 2.75) is 25.3 Å². The van der Waals surface area contributed by atoms with Gasteiger partial charge in [0, 0.05) is 30.3 Å². The van der Waals surface area contributed by atoms with E-state index in [4.69, 9.17) is 4.99 Å². The molecule has 2 aliphatic heterocycles. The van der Waals surface area contributed by atoms with Gasteiger partial charge in [0.2, 0.25) is 0 Å². The Bertz CT molecular complexity index is 1000. The number of likely N-dealkylation sites (tertiary alicyclic amines) is 1. The number of hydrogen-bond acceptors (Lipinski definition) is 3. The van der Waals surface area contributed by atoms with Crippen LogP contribution in [0.4, 0.5) is 10.5 Å². The molecule has 1 aliphatic carbocycles. The van der Waals surface area contributed by atoms with Gasteiger partial charge in [0.25, 0.3) is 5.91 Å². The first-order valence-corrected chi connectivity index (χ1v) is 10.1. The monoisotopic (exact) mass is 388 g/mol. The minimum absolute atomic E-state index is 0.0231. The van der Waals surface area contributed by atoms with Crippen molar-refractivity contribution in [3.63, 3.8) is 0 Å². The molecular formula is C23H24N4O2. The number of amidine groups is 1. The van der Waals surface area contributed by atoms with Gasteiger partial charge in [0.15, 0.2) is 0 Å².